The van der Waals surface area contributed by atoms with Crippen molar-refractivity contribution in [3.8, 4) is 5.75 Å². The molecule has 0 atom stereocenters. The normalized spacial score (nSPS) is 10.2. The van der Waals surface area contributed by atoms with Crippen LogP contribution in [0.15, 0.2) is 24.3 Å². The fourth-order valence-corrected chi connectivity index (χ4v) is 2.42. The lowest BCUT2D eigenvalue weighted by molar-refractivity contribution is 0.0954. The number of benzene rings is 1. The highest BCUT2D eigenvalue weighted by Gasteiger charge is 2.13. The zero-order valence-corrected chi connectivity index (χ0v) is 11.6. The van der Waals surface area contributed by atoms with Gasteiger partial charge in [0, 0.05) is 6.54 Å². The molecule has 2 rings (SSSR count). The topological polar surface area (TPSA) is 77.2 Å². The summed E-state index contributed by atoms with van der Waals surface area (Å²) in [5, 5.41) is 3.25. The molecule has 6 heteroatoms. The van der Waals surface area contributed by atoms with E-state index in [0.717, 1.165) is 11.3 Å². The maximum atomic E-state index is 12.0. The van der Waals surface area contributed by atoms with Crippen molar-refractivity contribution < 1.29 is 9.53 Å². The van der Waals surface area contributed by atoms with E-state index >= 15 is 0 Å². The number of methoxy groups -OCH3 is 1. The standard InChI is InChI=1S/C13H15N3O2S/c1-8-11(19-13(14)16-8)12(17)15-7-9-4-3-5-10(6-9)18-2/h3-6H,7H2,1-2H3,(H2,14,16)(H,15,17). The number of thiazole rings is 1. The molecule has 0 aliphatic heterocycles. The smallest absolute Gasteiger partial charge is 0.263 e. The lowest BCUT2D eigenvalue weighted by Crippen LogP contribution is -2.22. The number of nitrogens with two attached hydrogens (primary N) is 1. The summed E-state index contributed by atoms with van der Waals surface area (Å²) >= 11 is 1.20. The van der Waals surface area contributed by atoms with Gasteiger partial charge < -0.3 is 15.8 Å². The first kappa shape index (κ1) is 13.4. The van der Waals surface area contributed by atoms with E-state index in [1.807, 2.05) is 24.3 Å². The lowest BCUT2D eigenvalue weighted by atomic mass is 10.2. The van der Waals surface area contributed by atoms with E-state index in [1.165, 1.54) is 11.3 Å². The second-order valence-corrected chi connectivity index (χ2v) is 5.03. The first-order valence-corrected chi connectivity index (χ1v) is 6.56. The minimum Gasteiger partial charge on any atom is -0.497 e. The molecule has 0 aliphatic rings. The molecule has 5 nitrogen and oxygen atoms in total. The molecule has 0 radical (unpaired) electrons. The molecule has 1 aromatic carbocycles. The van der Waals surface area contributed by atoms with Crippen LogP contribution in [0.3, 0.4) is 0 Å². The second-order valence-electron chi connectivity index (χ2n) is 4.00. The minimum atomic E-state index is -0.158. The third kappa shape index (κ3) is 3.23. The van der Waals surface area contributed by atoms with Gasteiger partial charge in [0.15, 0.2) is 5.13 Å². The number of carbonyl (C=O) groups excluding carboxylic acids is 1. The van der Waals surface area contributed by atoms with Crippen LogP contribution in [0.1, 0.15) is 20.9 Å². The molecule has 2 aromatic rings. The number of ether oxygens (including phenoxy) is 1. The van der Waals surface area contributed by atoms with Gasteiger partial charge in [0.25, 0.3) is 5.91 Å². The molecule has 1 aromatic heterocycles. The van der Waals surface area contributed by atoms with Gasteiger partial charge >= 0.3 is 0 Å². The van der Waals surface area contributed by atoms with Gasteiger partial charge in [-0.2, -0.15) is 0 Å². The molecule has 0 bridgehead atoms. The molecule has 0 aliphatic carbocycles. The van der Waals surface area contributed by atoms with Crippen molar-refractivity contribution in [2.24, 2.45) is 0 Å². The highest BCUT2D eigenvalue weighted by atomic mass is 32.1. The number of hydrogen-bond donors (Lipinski definition) is 2. The highest BCUT2D eigenvalue weighted by Crippen LogP contribution is 2.19. The average Bonchev–Trinajstić information content (AvgIpc) is 2.75. The number of nitrogen functional groups attached to an aromatic ring is 1. The third-order valence-electron chi connectivity index (χ3n) is 2.61. The number of aromatic nitrogens is 1. The summed E-state index contributed by atoms with van der Waals surface area (Å²) in [5.41, 5.74) is 7.21. The predicted octanol–water partition coefficient (Wildman–Crippen LogP) is 1.97. The monoisotopic (exact) mass is 277 g/mol. The van der Waals surface area contributed by atoms with Crippen LogP contribution in [-0.4, -0.2) is 18.0 Å². The van der Waals surface area contributed by atoms with E-state index in [9.17, 15) is 4.79 Å². The SMILES string of the molecule is COc1cccc(CNC(=O)c2sc(N)nc2C)c1. The summed E-state index contributed by atoms with van der Waals surface area (Å²) < 4.78 is 5.13. The molecule has 1 amide bonds. The Labute approximate surface area is 115 Å². The maximum Gasteiger partial charge on any atom is 0.263 e. The Morgan fingerprint density at radius 3 is 2.95 bits per heavy atom. The first-order valence-electron chi connectivity index (χ1n) is 5.74. The molecular formula is C13H15N3O2S. The van der Waals surface area contributed by atoms with Crippen molar-refractivity contribution in [1.29, 1.82) is 0 Å². The van der Waals surface area contributed by atoms with Crippen LogP contribution in [-0.2, 0) is 6.54 Å². The molecule has 0 fully saturated rings. The molecular weight excluding hydrogens is 262 g/mol. The van der Waals surface area contributed by atoms with Crippen LogP contribution < -0.4 is 15.8 Å². The van der Waals surface area contributed by atoms with Gasteiger partial charge in [0.05, 0.1) is 12.8 Å². The summed E-state index contributed by atoms with van der Waals surface area (Å²) in [6.45, 7) is 2.21. The number of hydrogen-bond acceptors (Lipinski definition) is 5. The molecule has 100 valence electrons. The molecule has 1 heterocycles. The number of carbonyl (C=O) groups is 1. The van der Waals surface area contributed by atoms with Gasteiger partial charge in [-0.15, -0.1) is 0 Å². The van der Waals surface area contributed by atoms with E-state index in [2.05, 4.69) is 10.3 Å². The van der Waals surface area contributed by atoms with Crippen molar-refractivity contribution in [1.82, 2.24) is 10.3 Å². The molecule has 0 saturated heterocycles. The average molecular weight is 277 g/mol. The zero-order chi connectivity index (χ0) is 13.8. The largest absolute Gasteiger partial charge is 0.497 e. The van der Waals surface area contributed by atoms with Gasteiger partial charge in [-0.05, 0) is 24.6 Å². The molecule has 3 N–H and O–H groups in total. The predicted molar refractivity (Wildman–Crippen MR) is 75.4 cm³/mol. The van der Waals surface area contributed by atoms with Crippen molar-refractivity contribution in [2.45, 2.75) is 13.5 Å². The molecule has 0 unspecified atom stereocenters. The van der Waals surface area contributed by atoms with E-state index in [0.29, 0.717) is 22.2 Å². The minimum absolute atomic E-state index is 0.158. The number of nitrogens with zero attached hydrogens (tertiary/aromatic N) is 1. The van der Waals surface area contributed by atoms with Gasteiger partial charge in [-0.25, -0.2) is 4.98 Å². The second kappa shape index (κ2) is 5.71. The number of rotatable bonds is 4. The van der Waals surface area contributed by atoms with Crippen molar-refractivity contribution in [2.75, 3.05) is 12.8 Å². The van der Waals surface area contributed by atoms with Gasteiger partial charge in [-0.1, -0.05) is 23.5 Å². The molecule has 19 heavy (non-hydrogen) atoms. The first-order chi connectivity index (χ1) is 9.10. The molecule has 0 spiro atoms. The Kier molecular flexibility index (Phi) is 4.01. The van der Waals surface area contributed by atoms with Crippen molar-refractivity contribution in [3.63, 3.8) is 0 Å². The number of aryl methyl sites for hydroxylation is 1. The fraction of sp³-hybridized carbons (Fsp3) is 0.231. The summed E-state index contributed by atoms with van der Waals surface area (Å²) in [4.78, 5) is 16.6. The molecule has 0 saturated carbocycles. The Balaban J connectivity index is 2.02. The Morgan fingerprint density at radius 2 is 2.32 bits per heavy atom. The van der Waals surface area contributed by atoms with E-state index in [4.69, 9.17) is 10.5 Å². The summed E-state index contributed by atoms with van der Waals surface area (Å²) in [5.74, 6) is 0.611. The van der Waals surface area contributed by atoms with E-state index in [1.54, 1.807) is 14.0 Å². The van der Waals surface area contributed by atoms with Crippen LogP contribution in [0.2, 0.25) is 0 Å². The van der Waals surface area contributed by atoms with Gasteiger partial charge in [0.2, 0.25) is 0 Å². The summed E-state index contributed by atoms with van der Waals surface area (Å²) in [7, 11) is 1.61. The Bertz CT molecular complexity index is 595. The summed E-state index contributed by atoms with van der Waals surface area (Å²) in [6.07, 6.45) is 0. The van der Waals surface area contributed by atoms with Crippen LogP contribution in [0.4, 0.5) is 5.13 Å². The maximum absolute atomic E-state index is 12.0. The number of amides is 1. The van der Waals surface area contributed by atoms with E-state index in [-0.39, 0.29) is 5.91 Å². The quantitative estimate of drug-likeness (QED) is 0.895. The number of anilines is 1. The van der Waals surface area contributed by atoms with Crippen LogP contribution in [0.25, 0.3) is 0 Å². The zero-order valence-electron chi connectivity index (χ0n) is 10.8. The van der Waals surface area contributed by atoms with Gasteiger partial charge in [0.1, 0.15) is 10.6 Å². The Hall–Kier alpha value is -2.08. The lowest BCUT2D eigenvalue weighted by Gasteiger charge is -2.06. The van der Waals surface area contributed by atoms with Gasteiger partial charge in [-0.3, -0.25) is 4.79 Å². The fourth-order valence-electron chi connectivity index (χ4n) is 1.67. The van der Waals surface area contributed by atoms with Crippen LogP contribution in [0.5, 0.6) is 5.75 Å². The van der Waals surface area contributed by atoms with E-state index < -0.39 is 0 Å². The van der Waals surface area contributed by atoms with Crippen LogP contribution in [0, 0.1) is 6.92 Å². The third-order valence-corrected chi connectivity index (χ3v) is 3.59. The highest BCUT2D eigenvalue weighted by molar-refractivity contribution is 7.17. The van der Waals surface area contributed by atoms with Crippen molar-refractivity contribution in [3.05, 3.63) is 40.4 Å². The van der Waals surface area contributed by atoms with Crippen LogP contribution >= 0.6 is 11.3 Å². The Morgan fingerprint density at radius 1 is 1.53 bits per heavy atom. The van der Waals surface area contributed by atoms with Crippen molar-refractivity contribution >= 4 is 22.4 Å². The summed E-state index contributed by atoms with van der Waals surface area (Å²) in [6, 6.07) is 7.56. The number of nitrogens with one attached hydrogen (secondary N) is 1.